The first kappa shape index (κ1) is 19.7. The Kier molecular flexibility index (Phi) is 6.97. The number of hydrogen-bond acceptors (Lipinski definition) is 5. The van der Waals surface area contributed by atoms with Crippen molar-refractivity contribution in [3.8, 4) is 0 Å². The minimum absolute atomic E-state index is 0.0215. The van der Waals surface area contributed by atoms with Crippen LogP contribution in [0.1, 0.15) is 18.2 Å². The van der Waals surface area contributed by atoms with Crippen molar-refractivity contribution in [1.82, 2.24) is 9.55 Å². The van der Waals surface area contributed by atoms with Crippen LogP contribution in [0.15, 0.2) is 24.7 Å². The van der Waals surface area contributed by atoms with Crippen molar-refractivity contribution in [3.63, 3.8) is 0 Å². The Hall–Kier alpha value is -2.61. The summed E-state index contributed by atoms with van der Waals surface area (Å²) in [4.78, 5) is 27.2. The number of amides is 1. The smallest absolute Gasteiger partial charge is 0.309 e. The van der Waals surface area contributed by atoms with Crippen LogP contribution in [0.3, 0.4) is 0 Å². The lowest BCUT2D eigenvalue weighted by molar-refractivity contribution is -0.139. The summed E-state index contributed by atoms with van der Waals surface area (Å²) in [7, 11) is 1.26. The lowest BCUT2D eigenvalue weighted by Gasteiger charge is -2.16. The van der Waals surface area contributed by atoms with Crippen molar-refractivity contribution in [3.05, 3.63) is 41.7 Å². The SMILES string of the molecule is CCn1cncc1CNc1cc(CC(=O)OC)cc(F)c1NC(=O)CCl. The molecule has 7 nitrogen and oxygen atoms in total. The summed E-state index contributed by atoms with van der Waals surface area (Å²) in [5.41, 5.74) is 1.63. The molecule has 0 saturated heterocycles. The van der Waals surface area contributed by atoms with Crippen LogP contribution in [0.5, 0.6) is 0 Å². The summed E-state index contributed by atoms with van der Waals surface area (Å²) in [6, 6.07) is 2.78. The van der Waals surface area contributed by atoms with Gasteiger partial charge in [-0.2, -0.15) is 0 Å². The molecular weight excluding hydrogens is 363 g/mol. The van der Waals surface area contributed by atoms with Crippen LogP contribution in [-0.2, 0) is 33.8 Å². The van der Waals surface area contributed by atoms with Crippen LogP contribution in [0.2, 0.25) is 0 Å². The second-order valence-corrected chi connectivity index (χ2v) is 5.73. The van der Waals surface area contributed by atoms with Gasteiger partial charge in [-0.3, -0.25) is 9.59 Å². The first-order valence-electron chi connectivity index (χ1n) is 7.96. The molecule has 0 fully saturated rings. The maximum atomic E-state index is 14.5. The fourth-order valence-corrected chi connectivity index (χ4v) is 2.48. The Morgan fingerprint density at radius 1 is 1.38 bits per heavy atom. The number of ether oxygens (including phenoxy) is 1. The number of imidazole rings is 1. The number of aromatic nitrogens is 2. The number of carbonyl (C=O) groups excluding carboxylic acids is 2. The van der Waals surface area contributed by atoms with Crippen LogP contribution in [0.25, 0.3) is 0 Å². The summed E-state index contributed by atoms with van der Waals surface area (Å²) in [5, 5.41) is 5.52. The molecule has 0 radical (unpaired) electrons. The van der Waals surface area contributed by atoms with Gasteiger partial charge in [0, 0.05) is 12.7 Å². The van der Waals surface area contributed by atoms with Gasteiger partial charge in [0.05, 0.1) is 37.8 Å². The first-order valence-corrected chi connectivity index (χ1v) is 8.49. The molecule has 0 aliphatic rings. The average Bonchev–Trinajstić information content (AvgIpc) is 3.09. The Morgan fingerprint density at radius 3 is 2.81 bits per heavy atom. The zero-order valence-electron chi connectivity index (χ0n) is 14.5. The lowest BCUT2D eigenvalue weighted by atomic mass is 10.1. The highest BCUT2D eigenvalue weighted by atomic mass is 35.5. The summed E-state index contributed by atoms with van der Waals surface area (Å²) in [5.74, 6) is -1.99. The predicted molar refractivity (Wildman–Crippen MR) is 96.7 cm³/mol. The molecule has 0 aliphatic carbocycles. The third kappa shape index (κ3) is 4.95. The fraction of sp³-hybridized carbons (Fsp3) is 0.353. The number of benzene rings is 1. The van der Waals surface area contributed by atoms with Gasteiger partial charge in [-0.05, 0) is 24.6 Å². The zero-order valence-corrected chi connectivity index (χ0v) is 15.3. The number of anilines is 2. The topological polar surface area (TPSA) is 85.2 Å². The van der Waals surface area contributed by atoms with E-state index in [9.17, 15) is 14.0 Å². The molecule has 0 saturated carbocycles. The second-order valence-electron chi connectivity index (χ2n) is 5.46. The van der Waals surface area contributed by atoms with Crippen LogP contribution in [0.4, 0.5) is 15.8 Å². The number of esters is 1. The molecule has 0 spiro atoms. The van der Waals surface area contributed by atoms with E-state index in [0.29, 0.717) is 17.8 Å². The first-order chi connectivity index (χ1) is 12.5. The monoisotopic (exact) mass is 382 g/mol. The third-order valence-electron chi connectivity index (χ3n) is 3.71. The van der Waals surface area contributed by atoms with Crippen LogP contribution < -0.4 is 10.6 Å². The highest BCUT2D eigenvalue weighted by molar-refractivity contribution is 6.29. The van der Waals surface area contributed by atoms with Crippen LogP contribution in [-0.4, -0.2) is 34.4 Å². The Bertz CT molecular complexity index is 794. The molecule has 0 aliphatic heterocycles. The van der Waals surface area contributed by atoms with Crippen molar-refractivity contribution < 1.29 is 18.7 Å². The molecule has 1 amide bonds. The number of methoxy groups -OCH3 is 1. The number of alkyl halides is 1. The minimum Gasteiger partial charge on any atom is -0.469 e. The van der Waals surface area contributed by atoms with E-state index in [2.05, 4.69) is 20.4 Å². The number of halogens is 2. The summed E-state index contributed by atoms with van der Waals surface area (Å²) < 4.78 is 21.0. The maximum Gasteiger partial charge on any atom is 0.309 e. The van der Waals surface area contributed by atoms with Crippen molar-refractivity contribution in [1.29, 1.82) is 0 Å². The predicted octanol–water partition coefficient (Wildman–Crippen LogP) is 2.55. The van der Waals surface area contributed by atoms with E-state index >= 15 is 0 Å². The molecule has 26 heavy (non-hydrogen) atoms. The molecule has 2 rings (SSSR count). The molecular formula is C17H20ClFN4O3. The Balaban J connectivity index is 2.31. The minimum atomic E-state index is -0.670. The van der Waals surface area contributed by atoms with Crippen molar-refractivity contribution >= 4 is 34.9 Å². The van der Waals surface area contributed by atoms with Gasteiger partial charge in [-0.1, -0.05) is 0 Å². The van der Waals surface area contributed by atoms with Gasteiger partial charge in [0.25, 0.3) is 0 Å². The third-order valence-corrected chi connectivity index (χ3v) is 3.95. The van der Waals surface area contributed by atoms with Gasteiger partial charge in [0.1, 0.15) is 17.4 Å². The van der Waals surface area contributed by atoms with Gasteiger partial charge in [0.15, 0.2) is 0 Å². The Labute approximate surface area is 155 Å². The summed E-state index contributed by atoms with van der Waals surface area (Å²) >= 11 is 5.50. The molecule has 2 N–H and O–H groups in total. The molecule has 1 aromatic heterocycles. The number of aryl methyl sites for hydroxylation is 1. The van der Waals surface area contributed by atoms with Gasteiger partial charge in [0.2, 0.25) is 5.91 Å². The van der Waals surface area contributed by atoms with Gasteiger partial charge in [-0.25, -0.2) is 9.37 Å². The van der Waals surface area contributed by atoms with E-state index in [1.807, 2.05) is 11.5 Å². The maximum absolute atomic E-state index is 14.5. The van der Waals surface area contributed by atoms with Crippen LogP contribution in [0, 0.1) is 5.82 Å². The lowest BCUT2D eigenvalue weighted by Crippen LogP contribution is -2.17. The molecule has 0 atom stereocenters. The molecule has 140 valence electrons. The molecule has 1 heterocycles. The molecule has 0 bridgehead atoms. The molecule has 1 aromatic carbocycles. The fourth-order valence-electron chi connectivity index (χ4n) is 2.41. The largest absolute Gasteiger partial charge is 0.469 e. The van der Waals surface area contributed by atoms with Crippen molar-refractivity contribution in [2.75, 3.05) is 23.6 Å². The van der Waals surface area contributed by atoms with E-state index in [-0.39, 0.29) is 18.0 Å². The number of rotatable bonds is 8. The molecule has 0 unspecified atom stereocenters. The highest BCUT2D eigenvalue weighted by Crippen LogP contribution is 2.28. The van der Waals surface area contributed by atoms with E-state index in [1.165, 1.54) is 13.2 Å². The number of nitrogens with one attached hydrogen (secondary N) is 2. The van der Waals surface area contributed by atoms with Crippen LogP contribution >= 0.6 is 11.6 Å². The van der Waals surface area contributed by atoms with E-state index in [4.69, 9.17) is 11.6 Å². The Morgan fingerprint density at radius 2 is 2.15 bits per heavy atom. The van der Waals surface area contributed by atoms with Crippen molar-refractivity contribution in [2.45, 2.75) is 26.4 Å². The number of nitrogens with zero attached hydrogens (tertiary/aromatic N) is 2. The quantitative estimate of drug-likeness (QED) is 0.541. The van der Waals surface area contributed by atoms with Crippen molar-refractivity contribution in [2.24, 2.45) is 0 Å². The van der Waals surface area contributed by atoms with Gasteiger partial charge >= 0.3 is 5.97 Å². The van der Waals surface area contributed by atoms with Gasteiger partial charge in [-0.15, -0.1) is 11.6 Å². The van der Waals surface area contributed by atoms with E-state index in [1.54, 1.807) is 18.6 Å². The number of hydrogen-bond donors (Lipinski definition) is 2. The van der Waals surface area contributed by atoms with Gasteiger partial charge < -0.3 is 19.9 Å². The summed E-state index contributed by atoms with van der Waals surface area (Å²) in [6.45, 7) is 3.08. The van der Waals surface area contributed by atoms with E-state index in [0.717, 1.165) is 12.2 Å². The summed E-state index contributed by atoms with van der Waals surface area (Å²) in [6.07, 6.45) is 3.31. The normalized spacial score (nSPS) is 10.5. The molecule has 9 heteroatoms. The number of carbonyl (C=O) groups is 2. The zero-order chi connectivity index (χ0) is 19.1. The standard InChI is InChI=1S/C17H20ClFN4O3/c1-3-23-10-20-8-12(23)9-21-14-5-11(6-16(25)26-2)4-13(19)17(14)22-15(24)7-18/h4-5,8,10,21H,3,6-7,9H2,1-2H3,(H,22,24). The van der Waals surface area contributed by atoms with E-state index < -0.39 is 17.7 Å². The molecule has 2 aromatic rings. The average molecular weight is 383 g/mol. The second kappa shape index (κ2) is 9.19. The highest BCUT2D eigenvalue weighted by Gasteiger charge is 2.16.